The first-order valence-electron chi connectivity index (χ1n) is 34.9. The Kier molecular flexibility index (Phi) is 24.5. The highest BCUT2D eigenvalue weighted by molar-refractivity contribution is 9.11. The van der Waals surface area contributed by atoms with Crippen LogP contribution in [-0.2, 0) is 6.42 Å². The number of benzene rings is 16. The lowest BCUT2D eigenvalue weighted by atomic mass is 9.94. The van der Waals surface area contributed by atoms with E-state index in [1.54, 1.807) is 60.7 Å². The molecule has 16 rings (SSSR count). The molecule has 0 radical (unpaired) electrons. The first-order valence-corrected chi connectivity index (χ1v) is 37.2. The summed E-state index contributed by atoms with van der Waals surface area (Å²) in [5, 5.41) is 30.1. The van der Waals surface area contributed by atoms with Crippen LogP contribution < -0.4 is 9.80 Å². The molecule has 16 aromatic rings. The van der Waals surface area contributed by atoms with Crippen molar-refractivity contribution >= 4 is 81.9 Å². The van der Waals surface area contributed by atoms with E-state index in [9.17, 15) is 14.6 Å². The fourth-order valence-electron chi connectivity index (χ4n) is 13.0. The Balaban J connectivity index is 0.000000137. The highest BCUT2D eigenvalue weighted by Crippen LogP contribution is 2.46. The smallest absolute Gasteiger partial charge is 0.133 e. The highest BCUT2D eigenvalue weighted by Gasteiger charge is 2.23. The van der Waals surface area contributed by atoms with E-state index in [0.29, 0.717) is 40.2 Å². The number of phenolic OH excluding ortho intramolecular Hbond substituents is 3. The van der Waals surface area contributed by atoms with E-state index < -0.39 is 0 Å². The van der Waals surface area contributed by atoms with Gasteiger partial charge in [-0.15, -0.1) is 0 Å². The number of aromatic hydroxyl groups is 3. The average molecular weight is 1610 g/mol. The number of hydrogen-bond donors (Lipinski definition) is 3. The van der Waals surface area contributed by atoms with Crippen molar-refractivity contribution in [1.82, 2.24) is 0 Å². The predicted molar refractivity (Wildman–Crippen MR) is 450 cm³/mol. The molecule has 5 nitrogen and oxygen atoms in total. The Morgan fingerprint density at radius 2 is 0.528 bits per heavy atom. The van der Waals surface area contributed by atoms with Crippen LogP contribution in [0.5, 0.6) is 17.2 Å². The van der Waals surface area contributed by atoms with Crippen LogP contribution in [0.25, 0.3) is 77.9 Å². The first kappa shape index (κ1) is 74.0. The van der Waals surface area contributed by atoms with Crippen LogP contribution in [0.3, 0.4) is 0 Å². The van der Waals surface area contributed by atoms with Crippen molar-refractivity contribution in [2.24, 2.45) is 0 Å². The second-order valence-electron chi connectivity index (χ2n) is 25.3. The van der Waals surface area contributed by atoms with Gasteiger partial charge in [0, 0.05) is 64.7 Å². The summed E-state index contributed by atoms with van der Waals surface area (Å²) >= 11 is 9.93. The quantitative estimate of drug-likeness (QED) is 0.0954. The molecular weight excluding hydrogens is 1540 g/mol. The number of nitrogens with zero attached hydrogens (tertiary/aromatic N) is 2. The molecule has 528 valence electrons. The van der Waals surface area contributed by atoms with Crippen molar-refractivity contribution in [1.29, 1.82) is 0 Å². The molecule has 0 aliphatic rings. The maximum atomic E-state index is 15.7. The molecule has 16 aromatic carbocycles. The van der Waals surface area contributed by atoms with E-state index in [1.165, 1.54) is 16.7 Å². The molecule has 0 fully saturated rings. The van der Waals surface area contributed by atoms with Crippen molar-refractivity contribution in [3.8, 4) is 95.1 Å². The summed E-state index contributed by atoms with van der Waals surface area (Å²) in [6.45, 7) is 0. The van der Waals surface area contributed by atoms with Gasteiger partial charge in [-0.1, -0.05) is 333 Å². The van der Waals surface area contributed by atoms with Gasteiger partial charge in [-0.05, 0) is 165 Å². The molecule has 3 N–H and O–H groups in total. The van der Waals surface area contributed by atoms with Crippen LogP contribution >= 0.6 is 47.8 Å². The molecule has 11 heteroatoms. The Bertz CT molecular complexity index is 5600. The Hall–Kier alpha value is -12.3. The molecule has 0 aliphatic carbocycles. The molecule has 0 unspecified atom stereocenters. The minimum absolute atomic E-state index is 0.118. The first-order chi connectivity index (χ1) is 52.8. The molecule has 0 saturated heterocycles. The lowest BCUT2D eigenvalue weighted by molar-refractivity contribution is 0.474. The minimum atomic E-state index is -0.315. The van der Waals surface area contributed by atoms with E-state index in [0.717, 1.165) is 86.1 Å². The Morgan fingerprint density at radius 3 is 0.917 bits per heavy atom. The summed E-state index contributed by atoms with van der Waals surface area (Å²) < 4.78 is 48.3. The number of rotatable bonds is 15. The molecule has 0 heterocycles. The van der Waals surface area contributed by atoms with Gasteiger partial charge in [0.05, 0.1) is 22.7 Å². The second-order valence-corrected chi connectivity index (χ2v) is 28.0. The van der Waals surface area contributed by atoms with E-state index in [-0.39, 0.29) is 34.7 Å². The largest absolute Gasteiger partial charge is 0.508 e. The van der Waals surface area contributed by atoms with Gasteiger partial charge >= 0.3 is 0 Å². The summed E-state index contributed by atoms with van der Waals surface area (Å²) in [5.74, 6) is -0.292. The van der Waals surface area contributed by atoms with Gasteiger partial charge in [0.1, 0.15) is 34.7 Å². The zero-order chi connectivity index (χ0) is 74.7. The second kappa shape index (κ2) is 35.7. The topological polar surface area (TPSA) is 67.2 Å². The molecule has 0 bridgehead atoms. The summed E-state index contributed by atoms with van der Waals surface area (Å²) in [6, 6.07) is 125. The van der Waals surface area contributed by atoms with Crippen LogP contribution in [0.15, 0.2) is 408 Å². The third kappa shape index (κ3) is 18.7. The van der Waals surface area contributed by atoms with Crippen molar-refractivity contribution in [2.75, 3.05) is 9.80 Å². The number of anilines is 6. The van der Waals surface area contributed by atoms with Gasteiger partial charge in [-0.2, -0.15) is 0 Å². The maximum Gasteiger partial charge on any atom is 0.133 e. The molecule has 0 aliphatic heterocycles. The van der Waals surface area contributed by atoms with Crippen molar-refractivity contribution < 1.29 is 28.5 Å². The van der Waals surface area contributed by atoms with Gasteiger partial charge in [0.25, 0.3) is 0 Å². The molecule has 0 atom stereocenters. The lowest BCUT2D eigenvalue weighted by Gasteiger charge is -2.29. The fourth-order valence-corrected chi connectivity index (χ4v) is 14.7. The zero-order valence-electron chi connectivity index (χ0n) is 58.2. The number of para-hydroxylation sites is 2. The standard InChI is InChI=1S/C36H26FNO.C30H21BrFNO.C25H19F.C6H4Br2O/c37-35-25-30(20-21-33(35)27-14-6-2-7-15-27)38(36-19-11-10-18-34(36)28-16-8-3-9-17-28)31-22-29(23-32(39)24-31)26-12-4-1-5-13-26;31-23-17-25(19-26(34)18-23)33(30-14-8-7-13-28(30)22-11-5-2-6-12-22)24-15-16-27(29(32)20-24)21-9-3-1-4-10-21;26-25-18-19(15-16-24(25)21-11-5-2-6-12-21)17-22-13-7-8-14-23(22)20-9-3-1-4-10-20;7-4-1-5(8)3-6(9)2-4/h1-25,39H;1-20,34H;1-16,18H,17H2;1-3,9H. The van der Waals surface area contributed by atoms with E-state index in [2.05, 4.69) is 102 Å². The Morgan fingerprint density at radius 1 is 0.222 bits per heavy atom. The summed E-state index contributed by atoms with van der Waals surface area (Å²) in [6.07, 6.45) is 0.705. The fraction of sp³-hybridized carbons (Fsp3) is 0.0103. The van der Waals surface area contributed by atoms with Crippen LogP contribution in [0.4, 0.5) is 47.3 Å². The van der Waals surface area contributed by atoms with Crippen LogP contribution in [0.1, 0.15) is 11.1 Å². The van der Waals surface area contributed by atoms with Gasteiger partial charge in [-0.3, -0.25) is 0 Å². The van der Waals surface area contributed by atoms with E-state index >= 15 is 8.78 Å². The van der Waals surface area contributed by atoms with Crippen LogP contribution in [0, 0.1) is 17.5 Å². The van der Waals surface area contributed by atoms with Gasteiger partial charge < -0.3 is 25.1 Å². The molecule has 0 spiro atoms. The van der Waals surface area contributed by atoms with Crippen LogP contribution in [-0.4, -0.2) is 15.3 Å². The van der Waals surface area contributed by atoms with Gasteiger partial charge in [-0.25, -0.2) is 13.2 Å². The summed E-state index contributed by atoms with van der Waals surface area (Å²) in [5.41, 5.74) is 19.2. The number of halogens is 6. The number of hydrogen-bond acceptors (Lipinski definition) is 5. The summed E-state index contributed by atoms with van der Waals surface area (Å²) in [7, 11) is 0. The van der Waals surface area contributed by atoms with Gasteiger partial charge in [0.15, 0.2) is 0 Å². The molecule has 0 amide bonds. The van der Waals surface area contributed by atoms with Crippen molar-refractivity contribution in [2.45, 2.75) is 6.42 Å². The molecule has 108 heavy (non-hydrogen) atoms. The zero-order valence-corrected chi connectivity index (χ0v) is 63.0. The lowest BCUT2D eigenvalue weighted by Crippen LogP contribution is -2.12. The highest BCUT2D eigenvalue weighted by atomic mass is 79.9. The monoisotopic (exact) mass is 1600 g/mol. The average Bonchev–Trinajstić information content (AvgIpc) is 0.777. The third-order valence-electron chi connectivity index (χ3n) is 17.9. The third-order valence-corrected chi connectivity index (χ3v) is 19.3. The minimum Gasteiger partial charge on any atom is -0.508 e. The summed E-state index contributed by atoms with van der Waals surface area (Å²) in [4.78, 5) is 3.97. The van der Waals surface area contributed by atoms with Crippen molar-refractivity contribution in [3.05, 3.63) is 436 Å². The van der Waals surface area contributed by atoms with E-state index in [1.807, 2.05) is 289 Å². The van der Waals surface area contributed by atoms with Gasteiger partial charge in [0.2, 0.25) is 0 Å². The van der Waals surface area contributed by atoms with Crippen LogP contribution in [0.2, 0.25) is 0 Å². The SMILES string of the molecule is Fc1cc(Cc2ccccc2-c2ccccc2)ccc1-c1ccccc1.Oc1cc(-c2ccccc2)cc(N(c2ccc(-c3ccccc3)c(F)c2)c2ccccc2-c2ccccc2)c1.Oc1cc(Br)cc(Br)c1.Oc1cc(Br)cc(N(c2ccc(-c3ccccc3)c(F)c2)c2ccccc2-c2ccccc2)c1. The normalized spacial score (nSPS) is 10.6. The van der Waals surface area contributed by atoms with Crippen molar-refractivity contribution in [3.63, 3.8) is 0 Å². The number of phenols is 3. The predicted octanol–water partition coefficient (Wildman–Crippen LogP) is 28.8. The Labute approximate surface area is 653 Å². The maximum absolute atomic E-state index is 15.7. The van der Waals surface area contributed by atoms with E-state index in [4.69, 9.17) is 5.11 Å². The molecule has 0 saturated carbocycles. The molecule has 0 aromatic heterocycles. The molecular formula is C97H70Br3F3N2O3.